The lowest BCUT2D eigenvalue weighted by molar-refractivity contribution is -0.133. The van der Waals surface area contributed by atoms with E-state index in [0.29, 0.717) is 6.54 Å². The van der Waals surface area contributed by atoms with Crippen LogP contribution < -0.4 is 0 Å². The number of amides is 4. The molecule has 5 aliphatic rings. The number of urea groups is 1. The third-order valence-electron chi connectivity index (χ3n) is 7.95. The fourth-order valence-electron chi connectivity index (χ4n) is 4.46. The number of piperazine rings is 2. The lowest BCUT2D eigenvalue weighted by atomic mass is 10.00. The molecule has 0 aliphatic carbocycles. The van der Waals surface area contributed by atoms with Crippen molar-refractivity contribution < 1.29 is 19.1 Å². The van der Waals surface area contributed by atoms with Gasteiger partial charge in [-0.2, -0.15) is 0 Å². The number of hydrogen-bond acceptors (Lipinski definition) is 8. The number of hydrogen-bond donors (Lipinski definition) is 0. The monoisotopic (exact) mass is 665 g/mol. The molecule has 4 amide bonds. The van der Waals surface area contributed by atoms with Crippen LogP contribution in [0.1, 0.15) is 63.8 Å². The molecule has 5 fully saturated rings. The van der Waals surface area contributed by atoms with Gasteiger partial charge in [-0.15, -0.1) is 0 Å². The Bertz CT molecular complexity index is 722. The number of rotatable bonds is 0. The Morgan fingerprint density at radius 2 is 0.870 bits per heavy atom. The fraction of sp³-hybridized carbons (Fsp3) is 0.912. The van der Waals surface area contributed by atoms with E-state index in [0.717, 1.165) is 38.6 Å². The Balaban J connectivity index is -0.000000148. The summed E-state index contributed by atoms with van der Waals surface area (Å²) in [4.78, 5) is 48.0. The molecule has 12 nitrogen and oxygen atoms in total. The maximum absolute atomic E-state index is 10.9. The number of nitrogens with zero attached hydrogens (tertiary/aromatic N) is 8. The highest BCUT2D eigenvalue weighted by Gasteiger charge is 2.23. The summed E-state index contributed by atoms with van der Waals surface area (Å²) >= 11 is 0. The first-order valence-corrected chi connectivity index (χ1v) is 15.1. The number of likely N-dealkylation sites (tertiary alicyclic amines) is 1. The van der Waals surface area contributed by atoms with Crippen molar-refractivity contribution >= 4 is 18.0 Å². The summed E-state index contributed by atoms with van der Waals surface area (Å²) < 4.78 is 4.76. The van der Waals surface area contributed by atoms with Gasteiger partial charge in [-0.05, 0) is 67.0 Å². The quantitative estimate of drug-likeness (QED) is 0.381. The summed E-state index contributed by atoms with van der Waals surface area (Å²) in [6, 6.07) is 0.130. The molecule has 0 unspecified atom stereocenters. The van der Waals surface area contributed by atoms with Crippen LogP contribution >= 0.6 is 0 Å². The SMILES string of the molecule is C.C.C.C.C.CC1CCN(C)CC1.CN1CCN(C)C(=O)C1.CN1CCN(C)C1=O.CN1CCN(C)CC1.C[C@@H]1CN(C)C(=O)O1. The number of carbonyl (C=O) groups is 3. The van der Waals surface area contributed by atoms with Crippen molar-refractivity contribution in [3.63, 3.8) is 0 Å². The molecule has 0 spiro atoms. The number of likely N-dealkylation sites (N-methyl/N-ethyl adjacent to an activating group) is 7. The van der Waals surface area contributed by atoms with Crippen LogP contribution in [0, 0.1) is 5.92 Å². The van der Waals surface area contributed by atoms with Gasteiger partial charge in [0.1, 0.15) is 6.10 Å². The van der Waals surface area contributed by atoms with Crippen LogP contribution in [-0.4, -0.2) is 198 Å². The minimum Gasteiger partial charge on any atom is -0.445 e. The van der Waals surface area contributed by atoms with Crippen molar-refractivity contribution in [3.8, 4) is 0 Å². The number of carbonyl (C=O) groups excluding carboxylic acids is 3. The van der Waals surface area contributed by atoms with Gasteiger partial charge in [0, 0.05) is 80.5 Å². The molecule has 5 heterocycles. The highest BCUT2D eigenvalue weighted by Crippen LogP contribution is 2.13. The van der Waals surface area contributed by atoms with Crippen LogP contribution in [-0.2, 0) is 9.53 Å². The zero-order valence-electron chi connectivity index (χ0n) is 27.8. The van der Waals surface area contributed by atoms with Crippen molar-refractivity contribution in [2.24, 2.45) is 5.92 Å². The lowest BCUT2D eigenvalue weighted by Crippen LogP contribution is -2.46. The third kappa shape index (κ3) is 22.4. The number of cyclic esters (lactones) is 1. The molecule has 0 aromatic carbocycles. The summed E-state index contributed by atoms with van der Waals surface area (Å²) in [5, 5.41) is 0. The summed E-state index contributed by atoms with van der Waals surface area (Å²) in [7, 11) is 15.7. The van der Waals surface area contributed by atoms with Crippen molar-refractivity contribution in [2.45, 2.75) is 69.9 Å². The normalized spacial score (nSPS) is 22.1. The van der Waals surface area contributed by atoms with Crippen molar-refractivity contribution in [1.29, 1.82) is 0 Å². The van der Waals surface area contributed by atoms with Crippen molar-refractivity contribution in [2.75, 3.05) is 135 Å². The van der Waals surface area contributed by atoms with Gasteiger partial charge in [0.05, 0.1) is 13.1 Å². The first-order chi connectivity index (χ1) is 19.2. The maximum atomic E-state index is 10.9. The molecule has 0 saturated carbocycles. The largest absolute Gasteiger partial charge is 0.445 e. The van der Waals surface area contributed by atoms with Gasteiger partial charge >= 0.3 is 12.1 Å². The molecule has 0 N–H and O–H groups in total. The topological polar surface area (TPSA) is 86.4 Å². The molecule has 46 heavy (non-hydrogen) atoms. The minimum absolute atomic E-state index is 0. The molecular formula is C34H80N8O4. The van der Waals surface area contributed by atoms with E-state index in [1.54, 1.807) is 26.6 Å². The van der Waals surface area contributed by atoms with Gasteiger partial charge in [-0.25, -0.2) is 9.59 Å². The Hall–Kier alpha value is -2.15. The second kappa shape index (κ2) is 27.9. The zero-order valence-corrected chi connectivity index (χ0v) is 27.8. The van der Waals surface area contributed by atoms with E-state index < -0.39 is 0 Å². The van der Waals surface area contributed by atoms with Crippen molar-refractivity contribution in [3.05, 3.63) is 0 Å². The van der Waals surface area contributed by atoms with E-state index in [2.05, 4.69) is 42.8 Å². The Kier molecular flexibility index (Phi) is 32.4. The molecule has 5 aliphatic heterocycles. The molecule has 5 saturated heterocycles. The molecule has 0 aromatic rings. The van der Waals surface area contributed by atoms with Crippen LogP contribution in [0.5, 0.6) is 0 Å². The zero-order chi connectivity index (χ0) is 31.1. The van der Waals surface area contributed by atoms with Crippen LogP contribution in [0.3, 0.4) is 0 Å². The molecular weight excluding hydrogens is 584 g/mol. The highest BCUT2D eigenvalue weighted by molar-refractivity contribution is 5.78. The summed E-state index contributed by atoms with van der Waals surface area (Å²) in [6.07, 6.45) is 2.66. The fourth-order valence-corrected chi connectivity index (χ4v) is 4.46. The maximum Gasteiger partial charge on any atom is 0.409 e. The lowest BCUT2D eigenvalue weighted by Gasteiger charge is -2.28. The number of piperidine rings is 1. The van der Waals surface area contributed by atoms with E-state index in [1.165, 1.54) is 52.1 Å². The van der Waals surface area contributed by atoms with Gasteiger partial charge in [0.2, 0.25) is 5.91 Å². The predicted octanol–water partition coefficient (Wildman–Crippen LogP) is 4.22. The third-order valence-corrected chi connectivity index (χ3v) is 7.95. The Morgan fingerprint density at radius 3 is 1.11 bits per heavy atom. The molecule has 0 aromatic heterocycles. The van der Waals surface area contributed by atoms with Crippen LogP contribution in [0.4, 0.5) is 9.59 Å². The van der Waals surface area contributed by atoms with Crippen LogP contribution in [0.2, 0.25) is 0 Å². The standard InChI is InChI=1S/C7H15N.C6H12N2O.C6H14N2.C5H10N2O.C5H9NO2.5CH4/c1-7-3-5-8(2)6-4-7;1-7-3-4-8(2)6(9)5-7;1-7-3-5-8(2)6-4-7;1-6-3-4-7(2)5(6)8;1-4-3-6(2)5(7)8-4;;;;;/h7H,3-6H2,1-2H3;3-5H2,1-2H3;3-6H2,1-2H3;3-4H2,1-2H3;4H,3H2,1-2H3;5*1H4/t;;;;4-;;;;;/m....1...../s1. The van der Waals surface area contributed by atoms with E-state index >= 15 is 0 Å². The number of ether oxygens (including phenoxy) is 1. The molecule has 12 heteroatoms. The second-order valence-electron chi connectivity index (χ2n) is 12.3. The van der Waals surface area contributed by atoms with Gasteiger partial charge in [0.25, 0.3) is 0 Å². The molecule has 5 rings (SSSR count). The highest BCUT2D eigenvalue weighted by atomic mass is 16.6. The van der Waals surface area contributed by atoms with Gasteiger partial charge < -0.3 is 39.0 Å². The van der Waals surface area contributed by atoms with E-state index in [4.69, 9.17) is 4.74 Å². The van der Waals surface area contributed by atoms with E-state index in [-0.39, 0.29) is 61.3 Å². The van der Waals surface area contributed by atoms with Gasteiger partial charge in [0.15, 0.2) is 0 Å². The molecule has 1 atom stereocenters. The summed E-state index contributed by atoms with van der Waals surface area (Å²) in [5.74, 6) is 1.20. The summed E-state index contributed by atoms with van der Waals surface area (Å²) in [5.41, 5.74) is 0. The van der Waals surface area contributed by atoms with Gasteiger partial charge in [-0.1, -0.05) is 44.1 Å². The Labute approximate surface area is 286 Å². The van der Waals surface area contributed by atoms with Crippen molar-refractivity contribution in [1.82, 2.24) is 39.2 Å². The van der Waals surface area contributed by atoms with Gasteiger partial charge in [-0.3, -0.25) is 9.69 Å². The van der Waals surface area contributed by atoms with E-state index in [9.17, 15) is 14.4 Å². The molecule has 0 radical (unpaired) electrons. The molecule has 0 bridgehead atoms. The minimum atomic E-state index is -0.211. The second-order valence-corrected chi connectivity index (χ2v) is 12.3. The first-order valence-electron chi connectivity index (χ1n) is 15.1. The Morgan fingerprint density at radius 1 is 0.500 bits per heavy atom. The molecule has 280 valence electrons. The average molecular weight is 665 g/mol. The summed E-state index contributed by atoms with van der Waals surface area (Å²) in [6.45, 7) is 16.7. The first kappa shape index (κ1) is 53.3. The van der Waals surface area contributed by atoms with Crippen LogP contribution in [0.15, 0.2) is 0 Å². The smallest absolute Gasteiger partial charge is 0.409 e. The predicted molar refractivity (Wildman–Crippen MR) is 199 cm³/mol. The average Bonchev–Trinajstić information content (AvgIpc) is 3.39. The van der Waals surface area contributed by atoms with E-state index in [1.807, 2.05) is 40.0 Å². The van der Waals surface area contributed by atoms with Crippen LogP contribution in [0.25, 0.3) is 0 Å².